The number of rotatable bonds is 2. The SMILES string of the molecule is Cl.Clc1csc(CN2CCC3CNCC3C2)c1. The molecule has 2 aliphatic rings. The molecule has 1 N–H and O–H groups in total. The Morgan fingerprint density at radius 2 is 2.24 bits per heavy atom. The highest BCUT2D eigenvalue weighted by atomic mass is 35.5. The topological polar surface area (TPSA) is 15.3 Å². The van der Waals surface area contributed by atoms with Crippen LogP contribution in [-0.2, 0) is 6.54 Å². The predicted octanol–water partition coefficient (Wildman–Crippen LogP) is 2.86. The summed E-state index contributed by atoms with van der Waals surface area (Å²) in [6, 6.07) is 2.10. The maximum atomic E-state index is 5.95. The Balaban J connectivity index is 0.00000108. The smallest absolute Gasteiger partial charge is 0.0516 e. The van der Waals surface area contributed by atoms with Crippen molar-refractivity contribution < 1.29 is 0 Å². The van der Waals surface area contributed by atoms with Crippen LogP contribution >= 0.6 is 35.3 Å². The Morgan fingerprint density at radius 1 is 1.41 bits per heavy atom. The summed E-state index contributed by atoms with van der Waals surface area (Å²) in [5.74, 6) is 1.81. The second-order valence-electron chi connectivity index (χ2n) is 4.93. The second-order valence-corrected chi connectivity index (χ2v) is 6.37. The molecule has 2 aliphatic heterocycles. The molecule has 0 aliphatic carbocycles. The number of nitrogens with one attached hydrogen (secondary N) is 1. The van der Waals surface area contributed by atoms with E-state index < -0.39 is 0 Å². The van der Waals surface area contributed by atoms with Gasteiger partial charge in [-0.2, -0.15) is 0 Å². The summed E-state index contributed by atoms with van der Waals surface area (Å²) in [7, 11) is 0. The van der Waals surface area contributed by atoms with E-state index in [-0.39, 0.29) is 12.4 Å². The van der Waals surface area contributed by atoms with E-state index in [1.807, 2.05) is 5.38 Å². The van der Waals surface area contributed by atoms with Crippen LogP contribution in [0.4, 0.5) is 0 Å². The van der Waals surface area contributed by atoms with Crippen molar-refractivity contribution in [3.63, 3.8) is 0 Å². The minimum Gasteiger partial charge on any atom is -0.316 e. The van der Waals surface area contributed by atoms with Gasteiger partial charge in [-0.05, 0) is 44.0 Å². The maximum absolute atomic E-state index is 5.95. The van der Waals surface area contributed by atoms with E-state index in [1.54, 1.807) is 11.3 Å². The number of halogens is 2. The summed E-state index contributed by atoms with van der Waals surface area (Å²) in [5.41, 5.74) is 0. The zero-order chi connectivity index (χ0) is 11.0. The Hall–Kier alpha value is 0.200. The first-order chi connectivity index (χ1) is 7.81. The van der Waals surface area contributed by atoms with Crippen molar-refractivity contribution in [3.8, 4) is 0 Å². The van der Waals surface area contributed by atoms with Gasteiger partial charge in [-0.15, -0.1) is 23.7 Å². The number of hydrogen-bond acceptors (Lipinski definition) is 3. The third kappa shape index (κ3) is 3.15. The normalized spacial score (nSPS) is 28.8. The molecule has 2 nitrogen and oxygen atoms in total. The van der Waals surface area contributed by atoms with Crippen molar-refractivity contribution in [2.45, 2.75) is 13.0 Å². The Morgan fingerprint density at radius 3 is 3.00 bits per heavy atom. The standard InChI is InChI=1S/C12H17ClN2S.ClH/c13-11-3-12(16-8-11)7-15-2-1-9-4-14-5-10(9)6-15;/h3,8-10,14H,1-2,4-7H2;1H. The average molecular weight is 293 g/mol. The van der Waals surface area contributed by atoms with Crippen molar-refractivity contribution in [3.05, 3.63) is 21.3 Å². The lowest BCUT2D eigenvalue weighted by molar-refractivity contribution is 0.143. The summed E-state index contributed by atoms with van der Waals surface area (Å²) in [6.45, 7) is 6.04. The second kappa shape index (κ2) is 5.89. The highest BCUT2D eigenvalue weighted by Gasteiger charge is 2.32. The van der Waals surface area contributed by atoms with Crippen molar-refractivity contribution in [2.75, 3.05) is 26.2 Å². The van der Waals surface area contributed by atoms with Crippen LogP contribution in [-0.4, -0.2) is 31.1 Å². The van der Waals surface area contributed by atoms with Gasteiger partial charge in [0.25, 0.3) is 0 Å². The molecule has 2 unspecified atom stereocenters. The van der Waals surface area contributed by atoms with Crippen LogP contribution in [0.25, 0.3) is 0 Å². The summed E-state index contributed by atoms with van der Waals surface area (Å²) in [5, 5.41) is 6.42. The molecule has 3 rings (SSSR count). The first kappa shape index (κ1) is 13.6. The molecule has 2 fully saturated rings. The largest absolute Gasteiger partial charge is 0.316 e. The van der Waals surface area contributed by atoms with Gasteiger partial charge < -0.3 is 5.32 Å². The molecule has 17 heavy (non-hydrogen) atoms. The van der Waals surface area contributed by atoms with Crippen molar-refractivity contribution in [1.82, 2.24) is 10.2 Å². The van der Waals surface area contributed by atoms with E-state index in [1.165, 1.54) is 37.5 Å². The third-order valence-electron chi connectivity index (χ3n) is 3.79. The van der Waals surface area contributed by atoms with Crippen molar-refractivity contribution >= 4 is 35.3 Å². The molecule has 5 heteroatoms. The lowest BCUT2D eigenvalue weighted by atomic mass is 9.89. The van der Waals surface area contributed by atoms with Gasteiger partial charge in [0.15, 0.2) is 0 Å². The van der Waals surface area contributed by atoms with E-state index in [0.717, 1.165) is 23.4 Å². The summed E-state index contributed by atoms with van der Waals surface area (Å²) >= 11 is 7.73. The third-order valence-corrected chi connectivity index (χ3v) is 5.06. The molecule has 3 heterocycles. The molecule has 0 amide bonds. The molecule has 0 spiro atoms. The lowest BCUT2D eigenvalue weighted by Gasteiger charge is -2.34. The van der Waals surface area contributed by atoms with Gasteiger partial charge in [-0.1, -0.05) is 11.6 Å². The van der Waals surface area contributed by atoms with Crippen LogP contribution in [0.2, 0.25) is 5.02 Å². The fraction of sp³-hybridized carbons (Fsp3) is 0.667. The number of hydrogen-bond donors (Lipinski definition) is 1. The molecule has 1 aromatic heterocycles. The van der Waals surface area contributed by atoms with Gasteiger partial charge in [0.1, 0.15) is 0 Å². The number of piperidine rings is 1. The summed E-state index contributed by atoms with van der Waals surface area (Å²) < 4.78 is 0. The van der Waals surface area contributed by atoms with Crippen LogP contribution in [0, 0.1) is 11.8 Å². The zero-order valence-electron chi connectivity index (χ0n) is 9.69. The summed E-state index contributed by atoms with van der Waals surface area (Å²) in [4.78, 5) is 3.98. The number of thiophene rings is 1. The van der Waals surface area contributed by atoms with Gasteiger partial charge in [0.2, 0.25) is 0 Å². The first-order valence-corrected chi connectivity index (χ1v) is 7.23. The van der Waals surface area contributed by atoms with Gasteiger partial charge in [-0.25, -0.2) is 0 Å². The molecular formula is C12H18Cl2N2S. The van der Waals surface area contributed by atoms with Gasteiger partial charge >= 0.3 is 0 Å². The van der Waals surface area contributed by atoms with E-state index in [2.05, 4.69) is 16.3 Å². The fourth-order valence-electron chi connectivity index (χ4n) is 2.91. The minimum atomic E-state index is 0. The van der Waals surface area contributed by atoms with Crippen molar-refractivity contribution in [2.24, 2.45) is 11.8 Å². The maximum Gasteiger partial charge on any atom is 0.0516 e. The Bertz CT molecular complexity index is 369. The van der Waals surface area contributed by atoms with E-state index in [0.29, 0.717) is 0 Å². The van der Waals surface area contributed by atoms with E-state index in [9.17, 15) is 0 Å². The van der Waals surface area contributed by atoms with Crippen LogP contribution in [0.5, 0.6) is 0 Å². The molecule has 0 aromatic carbocycles. The predicted molar refractivity (Wildman–Crippen MR) is 76.3 cm³/mol. The van der Waals surface area contributed by atoms with Crippen molar-refractivity contribution in [1.29, 1.82) is 0 Å². The average Bonchev–Trinajstić information content (AvgIpc) is 2.87. The molecule has 1 aromatic rings. The molecule has 96 valence electrons. The highest BCUT2D eigenvalue weighted by Crippen LogP contribution is 2.28. The zero-order valence-corrected chi connectivity index (χ0v) is 12.1. The van der Waals surface area contributed by atoms with E-state index >= 15 is 0 Å². The van der Waals surface area contributed by atoms with Gasteiger partial charge in [0, 0.05) is 23.3 Å². The summed E-state index contributed by atoms with van der Waals surface area (Å²) in [6.07, 6.45) is 1.36. The number of likely N-dealkylation sites (tertiary alicyclic amines) is 1. The lowest BCUT2D eigenvalue weighted by Crippen LogP contribution is -2.39. The van der Waals surface area contributed by atoms with Crippen LogP contribution in [0.3, 0.4) is 0 Å². The molecule has 2 saturated heterocycles. The molecule has 0 radical (unpaired) electrons. The quantitative estimate of drug-likeness (QED) is 0.902. The minimum absolute atomic E-state index is 0. The molecule has 0 bridgehead atoms. The van der Waals surface area contributed by atoms with Crippen LogP contribution in [0.1, 0.15) is 11.3 Å². The van der Waals surface area contributed by atoms with Crippen LogP contribution in [0.15, 0.2) is 11.4 Å². The highest BCUT2D eigenvalue weighted by molar-refractivity contribution is 7.10. The Kier molecular flexibility index (Phi) is 4.72. The monoisotopic (exact) mass is 292 g/mol. The van der Waals surface area contributed by atoms with Gasteiger partial charge in [-0.3, -0.25) is 4.90 Å². The first-order valence-electron chi connectivity index (χ1n) is 5.97. The van der Waals surface area contributed by atoms with E-state index in [4.69, 9.17) is 11.6 Å². The van der Waals surface area contributed by atoms with Gasteiger partial charge in [0.05, 0.1) is 5.02 Å². The fourth-order valence-corrected chi connectivity index (χ4v) is 4.03. The van der Waals surface area contributed by atoms with Crippen LogP contribution < -0.4 is 5.32 Å². The molecular weight excluding hydrogens is 275 g/mol. The Labute approximate surface area is 118 Å². The number of nitrogens with zero attached hydrogens (tertiary/aromatic N) is 1. The molecule has 0 saturated carbocycles. The molecule has 2 atom stereocenters. The number of fused-ring (bicyclic) bond motifs is 1.